The molecule has 0 atom stereocenters. The first-order valence-corrected chi connectivity index (χ1v) is 9.35. The Labute approximate surface area is 158 Å². The van der Waals surface area contributed by atoms with E-state index >= 15 is 0 Å². The van der Waals surface area contributed by atoms with Crippen molar-refractivity contribution in [3.05, 3.63) is 41.7 Å². The van der Waals surface area contributed by atoms with Crippen molar-refractivity contribution in [2.24, 2.45) is 5.92 Å². The zero-order valence-corrected chi connectivity index (χ0v) is 15.7. The second-order valence-electron chi connectivity index (χ2n) is 7.17. The number of piperidine rings is 1. The monoisotopic (exact) mass is 370 g/mol. The van der Waals surface area contributed by atoms with Crippen LogP contribution in [0.5, 0.6) is 0 Å². The van der Waals surface area contributed by atoms with Crippen LogP contribution < -0.4 is 16.0 Å². The van der Waals surface area contributed by atoms with Crippen molar-refractivity contribution >= 4 is 17.5 Å². The van der Waals surface area contributed by atoms with E-state index in [1.54, 1.807) is 35.1 Å². The number of carbonyl (C=O) groups is 2. The Morgan fingerprint density at radius 3 is 2.70 bits per heavy atom. The van der Waals surface area contributed by atoms with Gasteiger partial charge in [0.05, 0.1) is 23.5 Å². The third-order valence-electron chi connectivity index (χ3n) is 4.52. The number of nitrogens with one attached hydrogen (secondary N) is 3. The molecule has 0 spiro atoms. The summed E-state index contributed by atoms with van der Waals surface area (Å²) in [5.74, 6) is -0.238. The van der Waals surface area contributed by atoms with Gasteiger partial charge < -0.3 is 16.0 Å². The third-order valence-corrected chi connectivity index (χ3v) is 4.52. The van der Waals surface area contributed by atoms with Crippen molar-refractivity contribution < 1.29 is 9.59 Å². The lowest BCUT2D eigenvalue weighted by molar-refractivity contribution is 0.0950. The Bertz CT molecular complexity index is 795. The summed E-state index contributed by atoms with van der Waals surface area (Å²) in [6.07, 6.45) is 3.60. The molecule has 1 fully saturated rings. The Balaban J connectivity index is 1.69. The molecule has 144 valence electrons. The summed E-state index contributed by atoms with van der Waals surface area (Å²) in [5, 5.41) is 17.1. The highest BCUT2D eigenvalue weighted by molar-refractivity contribution is 6.08. The molecule has 1 saturated heterocycles. The predicted molar refractivity (Wildman–Crippen MR) is 103 cm³/mol. The molecule has 2 heterocycles. The van der Waals surface area contributed by atoms with E-state index < -0.39 is 0 Å². The number of para-hydroxylation sites is 1. The van der Waals surface area contributed by atoms with E-state index in [1.165, 1.54) is 0 Å². The Morgan fingerprint density at radius 1 is 1.22 bits per heavy atom. The van der Waals surface area contributed by atoms with Crippen LogP contribution in [0.2, 0.25) is 0 Å². The molecule has 0 aliphatic carbocycles. The molecule has 1 aromatic carbocycles. The highest BCUT2D eigenvalue weighted by Gasteiger charge is 2.20. The topological polar surface area (TPSA) is 101 Å². The van der Waals surface area contributed by atoms with Crippen molar-refractivity contribution in [3.8, 4) is 0 Å². The van der Waals surface area contributed by atoms with Gasteiger partial charge in [-0.2, -0.15) is 0 Å². The molecular formula is C19H26N6O2. The van der Waals surface area contributed by atoms with Crippen LogP contribution in [0, 0.1) is 5.92 Å². The summed E-state index contributed by atoms with van der Waals surface area (Å²) >= 11 is 0. The zero-order chi connectivity index (χ0) is 19.2. The van der Waals surface area contributed by atoms with E-state index in [0.717, 1.165) is 25.9 Å². The van der Waals surface area contributed by atoms with E-state index in [2.05, 4.69) is 26.3 Å². The van der Waals surface area contributed by atoms with E-state index in [4.69, 9.17) is 0 Å². The van der Waals surface area contributed by atoms with Gasteiger partial charge >= 0.3 is 0 Å². The van der Waals surface area contributed by atoms with Gasteiger partial charge in [0.25, 0.3) is 11.8 Å². The maximum atomic E-state index is 12.6. The molecule has 2 aromatic rings. The summed E-state index contributed by atoms with van der Waals surface area (Å²) in [6.45, 7) is 6.50. The van der Waals surface area contributed by atoms with Crippen LogP contribution in [0.1, 0.15) is 53.6 Å². The average molecular weight is 370 g/mol. The predicted octanol–water partition coefficient (Wildman–Crippen LogP) is 1.84. The summed E-state index contributed by atoms with van der Waals surface area (Å²) in [5.41, 5.74) is 1.13. The number of hydrogen-bond acceptors (Lipinski definition) is 5. The van der Waals surface area contributed by atoms with Crippen molar-refractivity contribution in [1.29, 1.82) is 0 Å². The van der Waals surface area contributed by atoms with Gasteiger partial charge in [0.2, 0.25) is 0 Å². The van der Waals surface area contributed by atoms with Gasteiger partial charge in [-0.25, -0.2) is 4.68 Å². The first-order chi connectivity index (χ1) is 13.0. The molecule has 3 N–H and O–H groups in total. The number of aromatic nitrogens is 3. The van der Waals surface area contributed by atoms with Crippen molar-refractivity contribution in [3.63, 3.8) is 0 Å². The minimum absolute atomic E-state index is 0.210. The lowest BCUT2D eigenvalue weighted by Crippen LogP contribution is -2.29. The maximum absolute atomic E-state index is 12.6. The fourth-order valence-corrected chi connectivity index (χ4v) is 3.00. The number of amides is 2. The number of hydrogen-bond donors (Lipinski definition) is 3. The third kappa shape index (κ3) is 4.91. The zero-order valence-electron chi connectivity index (χ0n) is 15.7. The quantitative estimate of drug-likeness (QED) is 0.720. The molecule has 0 unspecified atom stereocenters. The van der Waals surface area contributed by atoms with E-state index in [9.17, 15) is 9.59 Å². The maximum Gasteiger partial charge on any atom is 0.277 e. The van der Waals surface area contributed by atoms with Gasteiger partial charge in [0, 0.05) is 6.54 Å². The smallest absolute Gasteiger partial charge is 0.277 e. The lowest BCUT2D eigenvalue weighted by atomic mass is 10.1. The van der Waals surface area contributed by atoms with Crippen LogP contribution in [-0.4, -0.2) is 46.4 Å². The molecular weight excluding hydrogens is 344 g/mol. The molecule has 8 heteroatoms. The second kappa shape index (κ2) is 8.77. The van der Waals surface area contributed by atoms with Crippen molar-refractivity contribution in [2.75, 3.05) is 25.0 Å². The van der Waals surface area contributed by atoms with Crippen LogP contribution in [0.3, 0.4) is 0 Å². The van der Waals surface area contributed by atoms with Crippen molar-refractivity contribution in [2.45, 2.75) is 32.7 Å². The molecule has 1 aliphatic heterocycles. The van der Waals surface area contributed by atoms with Gasteiger partial charge in [0.1, 0.15) is 0 Å². The molecule has 2 amide bonds. The number of rotatable bonds is 6. The van der Waals surface area contributed by atoms with Crippen LogP contribution in [0.4, 0.5) is 5.69 Å². The summed E-state index contributed by atoms with van der Waals surface area (Å²) in [6, 6.07) is 7.21. The first-order valence-electron chi connectivity index (χ1n) is 9.35. The molecule has 0 bridgehead atoms. The van der Waals surface area contributed by atoms with Gasteiger partial charge in [-0.3, -0.25) is 9.59 Å². The van der Waals surface area contributed by atoms with Gasteiger partial charge in [-0.1, -0.05) is 31.2 Å². The fourth-order valence-electron chi connectivity index (χ4n) is 3.00. The summed E-state index contributed by atoms with van der Waals surface area (Å²) in [4.78, 5) is 25.0. The van der Waals surface area contributed by atoms with Gasteiger partial charge in [-0.15, -0.1) is 5.10 Å². The van der Waals surface area contributed by atoms with Crippen LogP contribution in [-0.2, 0) is 0 Å². The minimum atomic E-state index is -0.376. The number of nitrogens with zero attached hydrogens (tertiary/aromatic N) is 3. The Kier molecular flexibility index (Phi) is 6.18. The van der Waals surface area contributed by atoms with Crippen molar-refractivity contribution in [1.82, 2.24) is 25.6 Å². The standard InChI is InChI=1S/C19H26N6O2/c1-13(2)11-21-18(26)15-5-3-4-6-16(15)22-19(27)17-12-25(24-23-17)14-7-9-20-10-8-14/h3-6,12-14,20H,7-11H2,1-2H3,(H,21,26)(H,22,27). The largest absolute Gasteiger partial charge is 0.352 e. The highest BCUT2D eigenvalue weighted by Crippen LogP contribution is 2.19. The summed E-state index contributed by atoms with van der Waals surface area (Å²) < 4.78 is 1.76. The van der Waals surface area contributed by atoms with Crippen LogP contribution in [0.25, 0.3) is 0 Å². The van der Waals surface area contributed by atoms with Gasteiger partial charge in [0.15, 0.2) is 5.69 Å². The SMILES string of the molecule is CC(C)CNC(=O)c1ccccc1NC(=O)c1cn(C2CCNCC2)nn1. The van der Waals surface area contributed by atoms with Crippen LogP contribution in [0.15, 0.2) is 30.5 Å². The Hall–Kier alpha value is -2.74. The molecule has 1 aliphatic rings. The van der Waals surface area contributed by atoms with E-state index in [-0.39, 0.29) is 23.6 Å². The minimum Gasteiger partial charge on any atom is -0.352 e. The molecule has 0 radical (unpaired) electrons. The second-order valence-corrected chi connectivity index (χ2v) is 7.17. The molecule has 8 nitrogen and oxygen atoms in total. The molecule has 3 rings (SSSR count). The molecule has 1 aromatic heterocycles. The highest BCUT2D eigenvalue weighted by atomic mass is 16.2. The van der Waals surface area contributed by atoms with Crippen LogP contribution >= 0.6 is 0 Å². The van der Waals surface area contributed by atoms with Gasteiger partial charge in [-0.05, 0) is 44.0 Å². The lowest BCUT2D eigenvalue weighted by Gasteiger charge is -2.22. The fraction of sp³-hybridized carbons (Fsp3) is 0.474. The van der Waals surface area contributed by atoms with E-state index in [0.29, 0.717) is 23.7 Å². The Morgan fingerprint density at radius 2 is 1.96 bits per heavy atom. The molecule has 27 heavy (non-hydrogen) atoms. The average Bonchev–Trinajstić information content (AvgIpc) is 3.17. The number of anilines is 1. The normalized spacial score (nSPS) is 14.9. The van der Waals surface area contributed by atoms with E-state index in [1.807, 2.05) is 13.8 Å². The number of benzene rings is 1. The number of carbonyl (C=O) groups excluding carboxylic acids is 2. The molecule has 0 saturated carbocycles. The summed E-state index contributed by atoms with van der Waals surface area (Å²) in [7, 11) is 0. The first kappa shape index (κ1) is 19.0.